The van der Waals surface area contributed by atoms with Gasteiger partial charge < -0.3 is 14.6 Å². The van der Waals surface area contributed by atoms with Crippen LogP contribution in [0.2, 0.25) is 0 Å². The van der Waals surface area contributed by atoms with Crippen LogP contribution in [0.15, 0.2) is 0 Å². The molecule has 1 aliphatic rings. The smallest absolute Gasteiger partial charge is 0.356 e. The third-order valence-corrected chi connectivity index (χ3v) is 2.79. The molecule has 0 fully saturated rings. The molecule has 5 nitrogen and oxygen atoms in total. The quantitative estimate of drug-likeness (QED) is 0.757. The van der Waals surface area contributed by atoms with Crippen LogP contribution in [0.4, 0.5) is 0 Å². The van der Waals surface area contributed by atoms with Gasteiger partial charge in [0, 0.05) is 13.1 Å². The summed E-state index contributed by atoms with van der Waals surface area (Å²) in [5.74, 6) is 0.867. The molecule has 88 valence electrons. The Morgan fingerprint density at radius 1 is 1.56 bits per heavy atom. The Hall–Kier alpha value is -1.36. The number of carbonyl (C=O) groups excluding carboxylic acids is 1. The van der Waals surface area contributed by atoms with E-state index in [-0.39, 0.29) is 11.9 Å². The molecule has 0 spiro atoms. The second-order valence-electron chi connectivity index (χ2n) is 4.24. The lowest BCUT2D eigenvalue weighted by molar-refractivity contribution is 0.0585. The van der Waals surface area contributed by atoms with E-state index in [2.05, 4.69) is 10.3 Å². The molecule has 0 aliphatic carbocycles. The molecule has 0 radical (unpaired) electrons. The van der Waals surface area contributed by atoms with Crippen LogP contribution in [-0.2, 0) is 17.8 Å². The summed E-state index contributed by atoms with van der Waals surface area (Å²) in [6.45, 7) is 6.43. The lowest BCUT2D eigenvalue weighted by atomic mass is 10.1. The van der Waals surface area contributed by atoms with Gasteiger partial charge in [0.1, 0.15) is 5.82 Å². The minimum Gasteiger partial charge on any atom is -0.464 e. The fourth-order valence-electron chi connectivity index (χ4n) is 2.00. The van der Waals surface area contributed by atoms with Gasteiger partial charge >= 0.3 is 5.97 Å². The largest absolute Gasteiger partial charge is 0.464 e. The van der Waals surface area contributed by atoms with Gasteiger partial charge in [-0.25, -0.2) is 9.78 Å². The number of hydrogen-bond donors (Lipinski definition) is 1. The van der Waals surface area contributed by atoms with Crippen molar-refractivity contribution in [3.8, 4) is 0 Å². The Balaban J connectivity index is 2.52. The average Bonchev–Trinajstić information content (AvgIpc) is 2.67. The molecule has 1 aromatic rings. The molecule has 1 aromatic heterocycles. The first-order chi connectivity index (χ1) is 7.65. The van der Waals surface area contributed by atoms with Crippen LogP contribution in [0.3, 0.4) is 0 Å². The second kappa shape index (κ2) is 4.25. The molecule has 0 bridgehead atoms. The normalized spacial score (nSPS) is 15.0. The van der Waals surface area contributed by atoms with E-state index in [1.54, 1.807) is 0 Å². The number of hydrogen-bond acceptors (Lipinski definition) is 4. The fraction of sp³-hybridized carbons (Fsp3) is 0.636. The zero-order valence-electron chi connectivity index (χ0n) is 9.91. The molecule has 2 rings (SSSR count). The zero-order valence-corrected chi connectivity index (χ0v) is 9.91. The van der Waals surface area contributed by atoms with Crippen LogP contribution >= 0.6 is 0 Å². The standard InChI is InChI=1S/C11H17N3O2/c1-7(2)9-10(11(15)16-3)14-5-4-12-6-8(14)13-9/h7,12H,4-6H2,1-3H3. The van der Waals surface area contributed by atoms with Gasteiger partial charge in [0.15, 0.2) is 5.69 Å². The van der Waals surface area contributed by atoms with Crippen molar-refractivity contribution >= 4 is 5.97 Å². The number of imidazole rings is 1. The summed E-state index contributed by atoms with van der Waals surface area (Å²) in [6, 6.07) is 0. The summed E-state index contributed by atoms with van der Waals surface area (Å²) in [5, 5.41) is 3.24. The highest BCUT2D eigenvalue weighted by atomic mass is 16.5. The number of rotatable bonds is 2. The van der Waals surface area contributed by atoms with E-state index in [4.69, 9.17) is 4.74 Å². The number of nitrogens with one attached hydrogen (secondary N) is 1. The van der Waals surface area contributed by atoms with Crippen LogP contribution in [0.5, 0.6) is 0 Å². The summed E-state index contributed by atoms with van der Waals surface area (Å²) in [6.07, 6.45) is 0. The molecule has 1 N–H and O–H groups in total. The third kappa shape index (κ3) is 1.71. The molecular formula is C11H17N3O2. The van der Waals surface area contributed by atoms with Gasteiger partial charge in [0.05, 0.1) is 19.3 Å². The highest BCUT2D eigenvalue weighted by molar-refractivity contribution is 5.89. The van der Waals surface area contributed by atoms with E-state index in [0.29, 0.717) is 5.69 Å². The number of carbonyl (C=O) groups is 1. The first-order valence-corrected chi connectivity index (χ1v) is 5.53. The summed E-state index contributed by atoms with van der Waals surface area (Å²) in [7, 11) is 1.41. The SMILES string of the molecule is COC(=O)c1c(C(C)C)nc2n1CCNC2. The van der Waals surface area contributed by atoms with E-state index < -0.39 is 0 Å². The molecule has 0 aromatic carbocycles. The highest BCUT2D eigenvalue weighted by Crippen LogP contribution is 2.22. The number of methoxy groups -OCH3 is 1. The monoisotopic (exact) mass is 223 g/mol. The van der Waals surface area contributed by atoms with Crippen LogP contribution in [0.1, 0.15) is 41.8 Å². The molecule has 5 heteroatoms. The summed E-state index contributed by atoms with van der Waals surface area (Å²) < 4.78 is 6.80. The molecule has 1 aliphatic heterocycles. The van der Waals surface area contributed by atoms with Gasteiger partial charge in [-0.2, -0.15) is 0 Å². The maximum Gasteiger partial charge on any atom is 0.356 e. The summed E-state index contributed by atoms with van der Waals surface area (Å²) in [4.78, 5) is 16.3. The maximum atomic E-state index is 11.8. The Bertz CT molecular complexity index is 410. The topological polar surface area (TPSA) is 56.1 Å². The van der Waals surface area contributed by atoms with Gasteiger partial charge in [-0.1, -0.05) is 13.8 Å². The second-order valence-corrected chi connectivity index (χ2v) is 4.24. The van der Waals surface area contributed by atoms with Crippen molar-refractivity contribution in [2.24, 2.45) is 0 Å². The molecule has 2 heterocycles. The molecule has 16 heavy (non-hydrogen) atoms. The van der Waals surface area contributed by atoms with Crippen LogP contribution in [0.25, 0.3) is 0 Å². The van der Waals surface area contributed by atoms with Gasteiger partial charge in [-0.05, 0) is 5.92 Å². The fourth-order valence-corrected chi connectivity index (χ4v) is 2.00. The summed E-state index contributed by atoms with van der Waals surface area (Å²) >= 11 is 0. The van der Waals surface area contributed by atoms with E-state index in [1.165, 1.54) is 7.11 Å². The maximum absolute atomic E-state index is 11.8. The van der Waals surface area contributed by atoms with Crippen molar-refractivity contribution in [2.75, 3.05) is 13.7 Å². The Labute approximate surface area is 94.8 Å². The predicted octanol–water partition coefficient (Wildman–Crippen LogP) is 0.896. The van der Waals surface area contributed by atoms with Crippen LogP contribution in [0, 0.1) is 0 Å². The third-order valence-electron chi connectivity index (χ3n) is 2.79. The minimum absolute atomic E-state index is 0.229. The average molecular weight is 223 g/mol. The van der Waals surface area contributed by atoms with E-state index in [9.17, 15) is 4.79 Å². The van der Waals surface area contributed by atoms with Gasteiger partial charge in [-0.15, -0.1) is 0 Å². The Morgan fingerprint density at radius 2 is 2.31 bits per heavy atom. The first kappa shape index (κ1) is 11.1. The molecule has 0 saturated heterocycles. The summed E-state index contributed by atoms with van der Waals surface area (Å²) in [5.41, 5.74) is 1.46. The van der Waals surface area contributed by atoms with Crippen molar-refractivity contribution < 1.29 is 9.53 Å². The minimum atomic E-state index is -0.288. The van der Waals surface area contributed by atoms with Crippen LogP contribution < -0.4 is 5.32 Å². The molecule has 0 atom stereocenters. The van der Waals surface area contributed by atoms with E-state index >= 15 is 0 Å². The molecule has 0 amide bonds. The van der Waals surface area contributed by atoms with E-state index in [0.717, 1.165) is 31.2 Å². The zero-order chi connectivity index (χ0) is 11.7. The van der Waals surface area contributed by atoms with Gasteiger partial charge in [-0.3, -0.25) is 0 Å². The van der Waals surface area contributed by atoms with Gasteiger partial charge in [0.2, 0.25) is 0 Å². The predicted molar refractivity (Wildman–Crippen MR) is 59.4 cm³/mol. The number of esters is 1. The van der Waals surface area contributed by atoms with Crippen molar-refractivity contribution in [3.63, 3.8) is 0 Å². The molecule has 0 saturated carbocycles. The van der Waals surface area contributed by atoms with Crippen molar-refractivity contribution in [2.45, 2.75) is 32.9 Å². The number of aromatic nitrogens is 2. The lowest BCUT2D eigenvalue weighted by Crippen LogP contribution is -2.30. The molecule has 0 unspecified atom stereocenters. The van der Waals surface area contributed by atoms with Crippen molar-refractivity contribution in [1.29, 1.82) is 0 Å². The number of fused-ring (bicyclic) bond motifs is 1. The first-order valence-electron chi connectivity index (χ1n) is 5.53. The molecular weight excluding hydrogens is 206 g/mol. The number of nitrogens with zero attached hydrogens (tertiary/aromatic N) is 2. The van der Waals surface area contributed by atoms with Crippen LogP contribution in [-0.4, -0.2) is 29.2 Å². The lowest BCUT2D eigenvalue weighted by Gasteiger charge is -2.16. The van der Waals surface area contributed by atoms with Crippen molar-refractivity contribution in [1.82, 2.24) is 14.9 Å². The number of ether oxygens (including phenoxy) is 1. The van der Waals surface area contributed by atoms with Gasteiger partial charge in [0.25, 0.3) is 0 Å². The Kier molecular flexibility index (Phi) is 2.96. The Morgan fingerprint density at radius 3 is 2.94 bits per heavy atom. The van der Waals surface area contributed by atoms with E-state index in [1.807, 2.05) is 18.4 Å². The highest BCUT2D eigenvalue weighted by Gasteiger charge is 2.26. The van der Waals surface area contributed by atoms with Crippen molar-refractivity contribution in [3.05, 3.63) is 17.2 Å².